The molecule has 28 heavy (non-hydrogen) atoms. The summed E-state index contributed by atoms with van der Waals surface area (Å²) in [6.07, 6.45) is 0. The maximum atomic E-state index is 12.4. The quantitative estimate of drug-likeness (QED) is 0.500. The van der Waals surface area contributed by atoms with Crippen LogP contribution in [0.4, 0.5) is 5.69 Å². The Balaban J connectivity index is 1.39. The Morgan fingerprint density at radius 3 is 2.61 bits per heavy atom. The molecule has 3 aromatic carbocycles. The van der Waals surface area contributed by atoms with Crippen molar-refractivity contribution in [3.8, 4) is 11.5 Å². The molecular formula is C23H19NO4. The molecule has 0 spiro atoms. The Morgan fingerprint density at radius 2 is 1.75 bits per heavy atom. The van der Waals surface area contributed by atoms with Gasteiger partial charge in [-0.3, -0.25) is 4.79 Å². The van der Waals surface area contributed by atoms with E-state index >= 15 is 0 Å². The minimum absolute atomic E-state index is 0.222. The second-order valence-electron chi connectivity index (χ2n) is 6.25. The van der Waals surface area contributed by atoms with Crippen LogP contribution in [0.25, 0.3) is 10.8 Å². The summed E-state index contributed by atoms with van der Waals surface area (Å²) in [4.78, 5) is 12.4. The van der Waals surface area contributed by atoms with Crippen LogP contribution >= 0.6 is 0 Å². The average molecular weight is 373 g/mol. The first-order valence-electron chi connectivity index (χ1n) is 8.87. The maximum absolute atomic E-state index is 12.4. The van der Waals surface area contributed by atoms with Gasteiger partial charge in [0.1, 0.15) is 23.9 Å². The number of fused-ring (bicyclic) bond motifs is 1. The summed E-state index contributed by atoms with van der Waals surface area (Å²) in [5.74, 6) is 1.88. The van der Waals surface area contributed by atoms with E-state index in [4.69, 9.17) is 13.9 Å². The lowest BCUT2D eigenvalue weighted by molar-refractivity contribution is 0.0992. The first-order chi connectivity index (χ1) is 13.7. The molecule has 0 aliphatic carbocycles. The molecule has 0 radical (unpaired) electrons. The first-order valence-corrected chi connectivity index (χ1v) is 8.87. The van der Waals surface area contributed by atoms with Crippen LogP contribution in [-0.2, 0) is 6.61 Å². The summed E-state index contributed by atoms with van der Waals surface area (Å²) in [5.41, 5.74) is 0.634. The Bertz CT molecular complexity index is 1120. The molecule has 0 aliphatic rings. The van der Waals surface area contributed by atoms with Crippen molar-refractivity contribution < 1.29 is 18.7 Å². The molecule has 0 bridgehead atoms. The fraction of sp³-hybridized carbons (Fsp3) is 0.0870. The van der Waals surface area contributed by atoms with Gasteiger partial charge in [-0.05, 0) is 47.2 Å². The number of rotatable bonds is 6. The van der Waals surface area contributed by atoms with Gasteiger partial charge in [-0.25, -0.2) is 0 Å². The van der Waals surface area contributed by atoms with E-state index < -0.39 is 0 Å². The number of anilines is 1. The number of amides is 1. The van der Waals surface area contributed by atoms with Crippen LogP contribution in [0.3, 0.4) is 0 Å². The standard InChI is InChI=1S/C23H19NO4/c1-26-19-8-4-7-18(14-19)24-23(25)22-12-11-21(28-22)15-27-20-10-9-16-5-2-3-6-17(16)13-20/h2-14H,15H2,1H3,(H,24,25). The molecule has 1 aromatic heterocycles. The monoisotopic (exact) mass is 373 g/mol. The summed E-state index contributed by atoms with van der Waals surface area (Å²) in [6, 6.07) is 24.5. The van der Waals surface area contributed by atoms with E-state index in [2.05, 4.69) is 11.4 Å². The number of carbonyl (C=O) groups is 1. The second kappa shape index (κ2) is 7.88. The van der Waals surface area contributed by atoms with Crippen molar-refractivity contribution in [1.82, 2.24) is 0 Å². The van der Waals surface area contributed by atoms with E-state index in [0.29, 0.717) is 17.2 Å². The molecule has 0 unspecified atom stereocenters. The Kier molecular flexibility index (Phi) is 4.97. The minimum atomic E-state index is -0.329. The van der Waals surface area contributed by atoms with Crippen LogP contribution in [0.1, 0.15) is 16.3 Å². The third-order valence-electron chi connectivity index (χ3n) is 4.32. The van der Waals surface area contributed by atoms with E-state index in [1.54, 1.807) is 37.4 Å². The lowest BCUT2D eigenvalue weighted by atomic mass is 10.1. The Hall–Kier alpha value is -3.73. The highest BCUT2D eigenvalue weighted by Crippen LogP contribution is 2.22. The number of carbonyl (C=O) groups excluding carboxylic acids is 1. The molecule has 4 aromatic rings. The smallest absolute Gasteiger partial charge is 0.291 e. The molecule has 0 saturated heterocycles. The summed E-state index contributed by atoms with van der Waals surface area (Å²) in [5, 5.41) is 5.05. The lowest BCUT2D eigenvalue weighted by Gasteiger charge is -2.06. The van der Waals surface area contributed by atoms with Gasteiger partial charge in [0, 0.05) is 11.8 Å². The van der Waals surface area contributed by atoms with Gasteiger partial charge in [0.25, 0.3) is 5.91 Å². The third-order valence-corrected chi connectivity index (χ3v) is 4.32. The zero-order valence-corrected chi connectivity index (χ0v) is 15.3. The highest BCUT2D eigenvalue weighted by Gasteiger charge is 2.12. The molecule has 5 heteroatoms. The molecule has 1 amide bonds. The summed E-state index contributed by atoms with van der Waals surface area (Å²) in [6.45, 7) is 0.241. The molecular weight excluding hydrogens is 354 g/mol. The Labute approximate surface area is 162 Å². The van der Waals surface area contributed by atoms with Crippen molar-refractivity contribution in [2.45, 2.75) is 6.61 Å². The highest BCUT2D eigenvalue weighted by atomic mass is 16.5. The molecule has 1 N–H and O–H groups in total. The second-order valence-corrected chi connectivity index (χ2v) is 6.25. The molecule has 5 nitrogen and oxygen atoms in total. The van der Waals surface area contributed by atoms with Crippen LogP contribution in [0, 0.1) is 0 Å². The fourth-order valence-electron chi connectivity index (χ4n) is 2.88. The third kappa shape index (κ3) is 3.99. The predicted octanol–water partition coefficient (Wildman–Crippen LogP) is 5.27. The number of benzene rings is 3. The van der Waals surface area contributed by atoms with Crippen molar-refractivity contribution in [1.29, 1.82) is 0 Å². The molecule has 0 saturated carbocycles. The van der Waals surface area contributed by atoms with Crippen molar-refractivity contribution in [3.05, 3.63) is 90.4 Å². The molecule has 0 fully saturated rings. The number of methoxy groups -OCH3 is 1. The van der Waals surface area contributed by atoms with E-state index in [1.165, 1.54) is 0 Å². The van der Waals surface area contributed by atoms with Crippen molar-refractivity contribution >= 4 is 22.4 Å². The topological polar surface area (TPSA) is 60.7 Å². The van der Waals surface area contributed by atoms with E-state index in [9.17, 15) is 4.79 Å². The predicted molar refractivity (Wildman–Crippen MR) is 108 cm³/mol. The zero-order valence-electron chi connectivity index (χ0n) is 15.3. The SMILES string of the molecule is COc1cccc(NC(=O)c2ccc(COc3ccc4ccccc4c3)o2)c1. The van der Waals surface area contributed by atoms with Crippen LogP contribution < -0.4 is 14.8 Å². The van der Waals surface area contributed by atoms with E-state index in [-0.39, 0.29) is 18.3 Å². The molecule has 1 heterocycles. The minimum Gasteiger partial charge on any atom is -0.497 e. The van der Waals surface area contributed by atoms with Gasteiger partial charge in [0.15, 0.2) is 5.76 Å². The summed E-state index contributed by atoms with van der Waals surface area (Å²) < 4.78 is 16.6. The average Bonchev–Trinajstić information content (AvgIpc) is 3.21. The van der Waals surface area contributed by atoms with Crippen LogP contribution in [0.2, 0.25) is 0 Å². The van der Waals surface area contributed by atoms with Crippen LogP contribution in [-0.4, -0.2) is 13.0 Å². The summed E-state index contributed by atoms with van der Waals surface area (Å²) in [7, 11) is 1.58. The molecule has 0 atom stereocenters. The van der Waals surface area contributed by atoms with Crippen LogP contribution in [0.15, 0.2) is 83.3 Å². The van der Waals surface area contributed by atoms with Gasteiger partial charge in [0.05, 0.1) is 7.11 Å². The Morgan fingerprint density at radius 1 is 0.893 bits per heavy atom. The van der Waals surface area contributed by atoms with Gasteiger partial charge >= 0.3 is 0 Å². The van der Waals surface area contributed by atoms with Gasteiger partial charge in [-0.2, -0.15) is 0 Å². The summed E-state index contributed by atoms with van der Waals surface area (Å²) >= 11 is 0. The van der Waals surface area contributed by atoms with Gasteiger partial charge in [-0.15, -0.1) is 0 Å². The number of ether oxygens (including phenoxy) is 2. The molecule has 0 aliphatic heterocycles. The number of hydrogen-bond acceptors (Lipinski definition) is 4. The van der Waals surface area contributed by atoms with Crippen molar-refractivity contribution in [2.75, 3.05) is 12.4 Å². The van der Waals surface area contributed by atoms with E-state index in [1.807, 2.05) is 42.5 Å². The molecule has 140 valence electrons. The normalized spacial score (nSPS) is 10.6. The number of hydrogen-bond donors (Lipinski definition) is 1. The van der Waals surface area contributed by atoms with Crippen LogP contribution in [0.5, 0.6) is 11.5 Å². The van der Waals surface area contributed by atoms with Crippen molar-refractivity contribution in [3.63, 3.8) is 0 Å². The van der Waals surface area contributed by atoms with Gasteiger partial charge in [-0.1, -0.05) is 36.4 Å². The molecule has 4 rings (SSSR count). The van der Waals surface area contributed by atoms with Crippen molar-refractivity contribution in [2.24, 2.45) is 0 Å². The number of furan rings is 1. The van der Waals surface area contributed by atoms with Gasteiger partial charge < -0.3 is 19.2 Å². The fourth-order valence-corrected chi connectivity index (χ4v) is 2.88. The van der Waals surface area contributed by atoms with E-state index in [0.717, 1.165) is 16.5 Å². The zero-order chi connectivity index (χ0) is 19.3. The largest absolute Gasteiger partial charge is 0.497 e. The number of nitrogens with one attached hydrogen (secondary N) is 1. The maximum Gasteiger partial charge on any atom is 0.291 e. The highest BCUT2D eigenvalue weighted by molar-refractivity contribution is 6.02. The first kappa shape index (κ1) is 17.7. The van der Waals surface area contributed by atoms with Gasteiger partial charge in [0.2, 0.25) is 0 Å². The lowest BCUT2D eigenvalue weighted by Crippen LogP contribution is -2.10.